The van der Waals surface area contributed by atoms with Crippen molar-refractivity contribution < 1.29 is 47.6 Å². The van der Waals surface area contributed by atoms with Crippen molar-refractivity contribution in [1.29, 1.82) is 0 Å². The average molecular weight is 789 g/mol. The first-order chi connectivity index (χ1) is 22.6. The van der Waals surface area contributed by atoms with Gasteiger partial charge in [-0.15, -0.1) is 0 Å². The predicted octanol–water partition coefficient (Wildman–Crippen LogP) is 6.35. The summed E-state index contributed by atoms with van der Waals surface area (Å²) in [6.45, 7) is 13.4. The van der Waals surface area contributed by atoms with E-state index in [0.29, 0.717) is 31.8 Å². The van der Waals surface area contributed by atoms with Gasteiger partial charge in [-0.05, 0) is 42.9 Å². The number of hydrogen-bond acceptors (Lipinski definition) is 16. The summed E-state index contributed by atoms with van der Waals surface area (Å²) in [5.74, 6) is 4.55. The standard InChI is InChI=1S/C9H16O4S.C7H12O4S.C7H16O2S.C5H12S2.C3H8S/c1-2-3-8(10)12-5-6-13-9(11)4-7-14;1-2-6(8)10-3-4-11-7(9)5-12;1-2-3-8-4-5-9-6-7-10;1-2-4-7-5-3-6;1-2-3-4/h14H,2-7H2,1H3;12H,2-5H2,1H3;10H,2-7H2,1H3;6H,2-5H2,1H3;4H,2-3H2,1H3. The average Bonchev–Trinajstić information content (AvgIpc) is 3.08. The van der Waals surface area contributed by atoms with Crippen LogP contribution in [0.1, 0.15) is 79.6 Å². The topological polar surface area (TPSA) is 124 Å². The Morgan fingerprint density at radius 1 is 0.447 bits per heavy atom. The molecule has 0 saturated carbocycles. The fourth-order valence-corrected chi connectivity index (χ4v) is 3.46. The van der Waals surface area contributed by atoms with E-state index in [2.05, 4.69) is 93.4 Å². The van der Waals surface area contributed by atoms with Crippen LogP contribution in [0.2, 0.25) is 0 Å². The largest absolute Gasteiger partial charge is 0.462 e. The van der Waals surface area contributed by atoms with Gasteiger partial charge in [-0.3, -0.25) is 19.2 Å². The third kappa shape index (κ3) is 68.6. The quantitative estimate of drug-likeness (QED) is 0.0326. The minimum Gasteiger partial charge on any atom is -0.462 e. The lowest BCUT2D eigenvalue weighted by Gasteiger charge is -2.04. The van der Waals surface area contributed by atoms with E-state index in [1.807, 2.05) is 18.7 Å². The van der Waals surface area contributed by atoms with Crippen molar-refractivity contribution in [3.8, 4) is 0 Å². The number of esters is 4. The van der Waals surface area contributed by atoms with E-state index in [4.69, 9.17) is 18.9 Å². The SMILES string of the molecule is CCC(=O)OCCOC(=O)CS.CCCC(=O)OCCOC(=O)CCS.CCCOCCOCCS.CCCS.CCCSCCS. The molecular weight excluding hydrogens is 725 g/mol. The van der Waals surface area contributed by atoms with Gasteiger partial charge in [-0.1, -0.05) is 34.6 Å². The first-order valence-electron chi connectivity index (χ1n) is 16.1. The third-order valence-corrected chi connectivity index (χ3v) is 7.00. The maximum atomic E-state index is 10.8. The maximum Gasteiger partial charge on any atom is 0.315 e. The fourth-order valence-electron chi connectivity index (χ4n) is 2.05. The summed E-state index contributed by atoms with van der Waals surface area (Å²) in [6, 6.07) is 0. The lowest BCUT2D eigenvalue weighted by molar-refractivity contribution is -0.152. The van der Waals surface area contributed by atoms with Crippen LogP contribution in [0.15, 0.2) is 0 Å². The molecule has 10 nitrogen and oxygen atoms in total. The minimum atomic E-state index is -0.411. The molecule has 284 valence electrons. The second kappa shape index (κ2) is 55.3. The summed E-state index contributed by atoms with van der Waals surface area (Å²) in [4.78, 5) is 42.7. The maximum absolute atomic E-state index is 10.8. The zero-order valence-electron chi connectivity index (χ0n) is 29.3. The monoisotopic (exact) mass is 788 g/mol. The van der Waals surface area contributed by atoms with Gasteiger partial charge in [-0.25, -0.2) is 0 Å². The van der Waals surface area contributed by atoms with Crippen LogP contribution in [0.3, 0.4) is 0 Å². The van der Waals surface area contributed by atoms with Crippen molar-refractivity contribution in [2.24, 2.45) is 0 Å². The van der Waals surface area contributed by atoms with Gasteiger partial charge in [0, 0.05) is 36.7 Å². The molecule has 0 aliphatic heterocycles. The molecule has 0 atom stereocenters. The molecule has 0 aliphatic rings. The first-order valence-corrected chi connectivity index (χ1v) is 20.4. The van der Waals surface area contributed by atoms with Crippen LogP contribution in [0.5, 0.6) is 0 Å². The molecule has 0 aliphatic carbocycles. The van der Waals surface area contributed by atoms with E-state index < -0.39 is 5.97 Å². The van der Waals surface area contributed by atoms with E-state index in [1.54, 1.807) is 6.92 Å². The van der Waals surface area contributed by atoms with Gasteiger partial charge < -0.3 is 28.4 Å². The molecule has 0 bridgehead atoms. The summed E-state index contributed by atoms with van der Waals surface area (Å²) in [5, 5.41) is 0. The number of thiol groups is 5. The summed E-state index contributed by atoms with van der Waals surface area (Å²) in [6.07, 6.45) is 5.34. The Bertz CT molecular complexity index is 598. The van der Waals surface area contributed by atoms with Crippen LogP contribution < -0.4 is 0 Å². The minimum absolute atomic E-state index is 0.0434. The molecule has 0 radical (unpaired) electrons. The second-order valence-corrected chi connectivity index (χ2v) is 12.0. The molecule has 0 rings (SSSR count). The van der Waals surface area contributed by atoms with E-state index in [9.17, 15) is 19.2 Å². The van der Waals surface area contributed by atoms with Crippen LogP contribution >= 0.6 is 74.9 Å². The lowest BCUT2D eigenvalue weighted by Crippen LogP contribution is -2.13. The van der Waals surface area contributed by atoms with Crippen LogP contribution in [0, 0.1) is 0 Å². The Morgan fingerprint density at radius 3 is 1.32 bits per heavy atom. The normalized spacial score (nSPS) is 9.40. The van der Waals surface area contributed by atoms with E-state index in [-0.39, 0.29) is 56.5 Å². The molecule has 0 fully saturated rings. The predicted molar refractivity (Wildman–Crippen MR) is 213 cm³/mol. The van der Waals surface area contributed by atoms with Gasteiger partial charge in [0.25, 0.3) is 0 Å². The van der Waals surface area contributed by atoms with E-state index in [1.165, 1.54) is 24.3 Å². The zero-order chi connectivity index (χ0) is 36.8. The molecule has 0 spiro atoms. The van der Waals surface area contributed by atoms with E-state index in [0.717, 1.165) is 43.3 Å². The highest BCUT2D eigenvalue weighted by molar-refractivity contribution is 7.99. The highest BCUT2D eigenvalue weighted by Crippen LogP contribution is 2.00. The summed E-state index contributed by atoms with van der Waals surface area (Å²) in [5.41, 5.74) is 0. The smallest absolute Gasteiger partial charge is 0.315 e. The number of hydrogen-bond donors (Lipinski definition) is 5. The van der Waals surface area contributed by atoms with Crippen molar-refractivity contribution in [3.05, 3.63) is 0 Å². The molecule has 0 aromatic heterocycles. The number of carbonyl (C=O) groups is 4. The van der Waals surface area contributed by atoms with Gasteiger partial charge in [0.2, 0.25) is 0 Å². The van der Waals surface area contributed by atoms with Gasteiger partial charge in [0.15, 0.2) is 0 Å². The molecule has 0 amide bonds. The van der Waals surface area contributed by atoms with Crippen molar-refractivity contribution in [2.45, 2.75) is 79.6 Å². The van der Waals surface area contributed by atoms with Gasteiger partial charge >= 0.3 is 23.9 Å². The van der Waals surface area contributed by atoms with Crippen LogP contribution in [-0.4, -0.2) is 117 Å². The Labute approximate surface area is 317 Å². The Hall–Kier alpha value is -0.100. The zero-order valence-corrected chi connectivity index (χ0v) is 34.6. The number of rotatable bonds is 24. The molecule has 16 heteroatoms. The third-order valence-electron chi connectivity index (χ3n) is 4.17. The number of carbonyl (C=O) groups excluding carboxylic acids is 4. The van der Waals surface area contributed by atoms with E-state index >= 15 is 0 Å². The number of ether oxygens (including phenoxy) is 6. The van der Waals surface area contributed by atoms with Gasteiger partial charge in [-0.2, -0.15) is 74.9 Å². The van der Waals surface area contributed by atoms with Gasteiger partial charge in [0.1, 0.15) is 26.4 Å². The van der Waals surface area contributed by atoms with Crippen LogP contribution in [0.4, 0.5) is 0 Å². The molecule has 47 heavy (non-hydrogen) atoms. The molecule has 0 N–H and O–H groups in total. The molecular formula is C31H64O10S6. The Kier molecular flexibility index (Phi) is 66.2. The first kappa shape index (κ1) is 56.3. The highest BCUT2D eigenvalue weighted by atomic mass is 32.2. The van der Waals surface area contributed by atoms with Crippen LogP contribution in [-0.2, 0) is 47.6 Å². The van der Waals surface area contributed by atoms with Crippen LogP contribution in [0.25, 0.3) is 0 Å². The summed E-state index contributed by atoms with van der Waals surface area (Å²) >= 11 is 21.5. The fraction of sp³-hybridized carbons (Fsp3) is 0.871. The van der Waals surface area contributed by atoms with Crippen molar-refractivity contribution >= 4 is 98.8 Å². The van der Waals surface area contributed by atoms with Gasteiger partial charge in [0.05, 0.1) is 32.0 Å². The Balaban J connectivity index is -0.000000164. The molecule has 0 aromatic rings. The Morgan fingerprint density at radius 2 is 0.936 bits per heavy atom. The molecule has 0 heterocycles. The number of thioether (sulfide) groups is 1. The molecule has 0 aromatic carbocycles. The second-order valence-electron chi connectivity index (χ2n) is 8.63. The van der Waals surface area contributed by atoms with Crippen molar-refractivity contribution in [2.75, 3.05) is 93.1 Å². The summed E-state index contributed by atoms with van der Waals surface area (Å²) in [7, 11) is 0. The summed E-state index contributed by atoms with van der Waals surface area (Å²) < 4.78 is 29.1. The van der Waals surface area contributed by atoms with Crippen molar-refractivity contribution in [1.82, 2.24) is 0 Å². The highest BCUT2D eigenvalue weighted by Gasteiger charge is 2.03. The molecule has 0 unspecified atom stereocenters. The van der Waals surface area contributed by atoms with Crippen molar-refractivity contribution in [3.63, 3.8) is 0 Å². The molecule has 0 saturated heterocycles. The lowest BCUT2D eigenvalue weighted by atomic mass is 10.3.